The smallest absolute Gasteiger partial charge is 0.223 e. The van der Waals surface area contributed by atoms with Crippen molar-refractivity contribution in [1.82, 2.24) is 5.32 Å². The van der Waals surface area contributed by atoms with Crippen LogP contribution in [0.2, 0.25) is 0 Å². The molecule has 4 heteroatoms. The number of carbonyl (C=O) groups excluding carboxylic acids is 1. The lowest BCUT2D eigenvalue weighted by Crippen LogP contribution is -2.48. The fourth-order valence-electron chi connectivity index (χ4n) is 0.922. The molecule has 0 radical (unpaired) electrons. The summed E-state index contributed by atoms with van der Waals surface area (Å²) in [5.74, 6) is -0.123. The van der Waals surface area contributed by atoms with Crippen molar-refractivity contribution in [3.05, 3.63) is 0 Å². The topological polar surface area (TPSA) is 58.6 Å². The van der Waals surface area contributed by atoms with E-state index >= 15 is 0 Å². The second-order valence-electron chi connectivity index (χ2n) is 4.21. The molecule has 0 aliphatic heterocycles. The molecule has 0 spiro atoms. The molecule has 0 saturated heterocycles. The van der Waals surface area contributed by atoms with E-state index in [2.05, 4.69) is 5.32 Å². The Hall–Kier alpha value is -0.610. The summed E-state index contributed by atoms with van der Waals surface area (Å²) in [7, 11) is 1.61. The predicted molar refractivity (Wildman–Crippen MR) is 55.0 cm³/mol. The van der Waals surface area contributed by atoms with Crippen LogP contribution in [0, 0.1) is 5.92 Å². The molecule has 0 aliphatic rings. The van der Waals surface area contributed by atoms with Crippen molar-refractivity contribution < 1.29 is 14.6 Å². The highest BCUT2D eigenvalue weighted by Gasteiger charge is 2.22. The van der Waals surface area contributed by atoms with Gasteiger partial charge in [-0.1, -0.05) is 6.92 Å². The minimum Gasteiger partial charge on any atom is -0.394 e. The molecule has 14 heavy (non-hydrogen) atoms. The normalized spacial score (nSPS) is 13.8. The lowest BCUT2D eigenvalue weighted by atomic mass is 10.0. The van der Waals surface area contributed by atoms with Gasteiger partial charge in [0.25, 0.3) is 0 Å². The molecule has 4 nitrogen and oxygen atoms in total. The zero-order valence-electron chi connectivity index (χ0n) is 9.46. The van der Waals surface area contributed by atoms with Gasteiger partial charge < -0.3 is 15.2 Å². The van der Waals surface area contributed by atoms with Crippen LogP contribution in [0.4, 0.5) is 0 Å². The number of carbonyl (C=O) groups is 1. The molecule has 0 rings (SSSR count). The fourth-order valence-corrected chi connectivity index (χ4v) is 0.922. The van der Waals surface area contributed by atoms with Gasteiger partial charge in [0.2, 0.25) is 5.91 Å². The number of amides is 1. The average molecular weight is 203 g/mol. The van der Waals surface area contributed by atoms with E-state index in [1.165, 1.54) is 0 Å². The van der Waals surface area contributed by atoms with Gasteiger partial charge in [-0.15, -0.1) is 0 Å². The first-order valence-electron chi connectivity index (χ1n) is 4.85. The van der Waals surface area contributed by atoms with Crippen molar-refractivity contribution in [2.75, 3.05) is 20.3 Å². The van der Waals surface area contributed by atoms with Crippen LogP contribution in [0.5, 0.6) is 0 Å². The van der Waals surface area contributed by atoms with Crippen LogP contribution in [0.1, 0.15) is 27.2 Å². The Morgan fingerprint density at radius 2 is 2.14 bits per heavy atom. The fraction of sp³-hybridized carbons (Fsp3) is 0.900. The van der Waals surface area contributed by atoms with Crippen LogP contribution < -0.4 is 5.32 Å². The third-order valence-electron chi connectivity index (χ3n) is 2.06. The second kappa shape index (κ2) is 5.98. The minimum absolute atomic E-state index is 0.0406. The highest BCUT2D eigenvalue weighted by molar-refractivity contribution is 5.78. The molecule has 0 saturated carbocycles. The molecular formula is C10H21NO3. The molecule has 1 amide bonds. The number of rotatable bonds is 6. The van der Waals surface area contributed by atoms with Gasteiger partial charge in [0.1, 0.15) is 0 Å². The maximum absolute atomic E-state index is 11.5. The molecule has 1 unspecified atom stereocenters. The van der Waals surface area contributed by atoms with Gasteiger partial charge in [0.05, 0.1) is 12.1 Å². The first-order valence-corrected chi connectivity index (χ1v) is 4.85. The summed E-state index contributed by atoms with van der Waals surface area (Å²) in [6.07, 6.45) is 0.698. The lowest BCUT2D eigenvalue weighted by Gasteiger charge is -2.25. The lowest BCUT2D eigenvalue weighted by molar-refractivity contribution is -0.127. The highest BCUT2D eigenvalue weighted by atomic mass is 16.5. The van der Waals surface area contributed by atoms with E-state index in [-0.39, 0.29) is 18.4 Å². The summed E-state index contributed by atoms with van der Waals surface area (Å²) in [6.45, 7) is 5.94. The van der Waals surface area contributed by atoms with Crippen molar-refractivity contribution in [3.8, 4) is 0 Å². The van der Waals surface area contributed by atoms with Gasteiger partial charge in [0, 0.05) is 19.6 Å². The minimum atomic E-state index is -0.543. The van der Waals surface area contributed by atoms with Gasteiger partial charge in [-0.05, 0) is 20.3 Å². The summed E-state index contributed by atoms with van der Waals surface area (Å²) in [5.41, 5.74) is -0.543. The molecule has 84 valence electrons. The number of aliphatic hydroxyl groups is 1. The van der Waals surface area contributed by atoms with Gasteiger partial charge in [0.15, 0.2) is 0 Å². The summed E-state index contributed by atoms with van der Waals surface area (Å²) in [4.78, 5) is 11.5. The van der Waals surface area contributed by atoms with Crippen molar-refractivity contribution in [1.29, 1.82) is 0 Å². The Morgan fingerprint density at radius 3 is 2.57 bits per heavy atom. The van der Waals surface area contributed by atoms with E-state index in [4.69, 9.17) is 9.84 Å². The first-order chi connectivity index (χ1) is 6.43. The van der Waals surface area contributed by atoms with Gasteiger partial charge in [-0.25, -0.2) is 0 Å². The van der Waals surface area contributed by atoms with E-state index in [9.17, 15) is 4.79 Å². The molecule has 0 aromatic rings. The van der Waals surface area contributed by atoms with Crippen molar-refractivity contribution >= 4 is 5.91 Å². The Morgan fingerprint density at radius 1 is 1.57 bits per heavy atom. The van der Waals surface area contributed by atoms with E-state index in [0.717, 1.165) is 0 Å². The Bertz CT molecular complexity index is 180. The number of methoxy groups -OCH3 is 1. The van der Waals surface area contributed by atoms with E-state index < -0.39 is 5.54 Å². The van der Waals surface area contributed by atoms with Crippen molar-refractivity contribution in [2.24, 2.45) is 5.92 Å². The monoisotopic (exact) mass is 203 g/mol. The van der Waals surface area contributed by atoms with E-state index in [1.807, 2.05) is 6.92 Å². The Kier molecular flexibility index (Phi) is 5.72. The Labute approximate surface area is 85.6 Å². The number of aliphatic hydroxyl groups excluding tert-OH is 1. The largest absolute Gasteiger partial charge is 0.394 e. The second-order valence-corrected chi connectivity index (χ2v) is 4.21. The maximum atomic E-state index is 11.5. The van der Waals surface area contributed by atoms with Crippen LogP contribution >= 0.6 is 0 Å². The van der Waals surface area contributed by atoms with Gasteiger partial charge in [-0.3, -0.25) is 4.79 Å². The Balaban J connectivity index is 3.95. The van der Waals surface area contributed by atoms with Crippen LogP contribution in [-0.2, 0) is 9.53 Å². The molecule has 0 heterocycles. The quantitative estimate of drug-likeness (QED) is 0.662. The van der Waals surface area contributed by atoms with Gasteiger partial charge >= 0.3 is 0 Å². The number of nitrogens with one attached hydrogen (secondary N) is 1. The third kappa shape index (κ3) is 5.19. The zero-order chi connectivity index (χ0) is 11.2. The zero-order valence-corrected chi connectivity index (χ0v) is 9.46. The van der Waals surface area contributed by atoms with Crippen LogP contribution in [0.15, 0.2) is 0 Å². The third-order valence-corrected chi connectivity index (χ3v) is 2.06. The first kappa shape index (κ1) is 13.4. The summed E-state index contributed by atoms with van der Waals surface area (Å²) < 4.78 is 4.89. The van der Waals surface area contributed by atoms with Crippen LogP contribution in [-0.4, -0.2) is 36.9 Å². The average Bonchev–Trinajstić information content (AvgIpc) is 2.13. The maximum Gasteiger partial charge on any atom is 0.223 e. The number of hydrogen-bond acceptors (Lipinski definition) is 3. The SMILES string of the molecule is COCCC(C)C(=O)NC(C)(C)CO. The summed E-state index contributed by atoms with van der Waals surface area (Å²) in [6, 6.07) is 0. The standard InChI is InChI=1S/C10H21NO3/c1-8(5-6-14-4)9(13)11-10(2,3)7-12/h8,12H,5-7H2,1-4H3,(H,11,13). The molecule has 0 aromatic carbocycles. The van der Waals surface area contributed by atoms with Crippen LogP contribution in [0.25, 0.3) is 0 Å². The molecule has 0 aliphatic carbocycles. The molecule has 0 aromatic heterocycles. The van der Waals surface area contributed by atoms with Crippen molar-refractivity contribution in [3.63, 3.8) is 0 Å². The number of hydrogen-bond donors (Lipinski definition) is 2. The molecule has 2 N–H and O–H groups in total. The summed E-state index contributed by atoms with van der Waals surface area (Å²) in [5, 5.41) is 11.7. The number of ether oxygens (including phenoxy) is 1. The predicted octanol–water partition coefficient (Wildman–Crippen LogP) is 0.546. The van der Waals surface area contributed by atoms with Crippen LogP contribution in [0.3, 0.4) is 0 Å². The van der Waals surface area contributed by atoms with Crippen molar-refractivity contribution in [2.45, 2.75) is 32.7 Å². The van der Waals surface area contributed by atoms with Gasteiger partial charge in [-0.2, -0.15) is 0 Å². The van der Waals surface area contributed by atoms with E-state index in [0.29, 0.717) is 13.0 Å². The summed E-state index contributed by atoms with van der Waals surface area (Å²) >= 11 is 0. The highest BCUT2D eigenvalue weighted by Crippen LogP contribution is 2.06. The van der Waals surface area contributed by atoms with E-state index in [1.54, 1.807) is 21.0 Å². The molecule has 0 fully saturated rings. The molecular weight excluding hydrogens is 182 g/mol. The molecule has 0 bridgehead atoms. The molecule has 1 atom stereocenters.